The first-order chi connectivity index (χ1) is 13.9. The van der Waals surface area contributed by atoms with Gasteiger partial charge in [-0.05, 0) is 49.8 Å². The summed E-state index contributed by atoms with van der Waals surface area (Å²) in [7, 11) is 0. The van der Waals surface area contributed by atoms with Gasteiger partial charge in [0.25, 0.3) is 11.8 Å². The lowest BCUT2D eigenvalue weighted by molar-refractivity contribution is -0.136. The van der Waals surface area contributed by atoms with Crippen molar-refractivity contribution < 1.29 is 19.2 Å². The number of imide groups is 2. The number of piperidine rings is 1. The van der Waals surface area contributed by atoms with Gasteiger partial charge in [-0.1, -0.05) is 6.07 Å². The minimum absolute atomic E-state index is 0.117. The number of hydrogen-bond acceptors (Lipinski definition) is 6. The molecule has 2 unspecified atom stereocenters. The lowest BCUT2D eigenvalue weighted by Crippen LogP contribution is -2.54. The SMILES string of the molecule is NC1CN(Cc2ccc3c(c2)C(=O)N(C2CCC(=O)NC2=O)C3=O)C2(CCC2)C1. The molecule has 1 aromatic rings. The molecule has 4 amide bonds. The van der Waals surface area contributed by atoms with Crippen molar-refractivity contribution >= 4 is 23.6 Å². The average molecular weight is 396 g/mol. The third kappa shape index (κ3) is 2.81. The largest absolute Gasteiger partial charge is 0.326 e. The standard InChI is InChI=1S/C21H24N4O4/c22-13-9-21(6-1-7-21)24(11-13)10-12-2-3-14-15(8-12)20(29)25(19(14)28)16-4-5-17(26)23-18(16)27/h2-3,8,13,16H,1,4-7,9-11,22H2,(H,23,26,27). The maximum absolute atomic E-state index is 13.0. The van der Waals surface area contributed by atoms with Crippen LogP contribution < -0.4 is 11.1 Å². The maximum Gasteiger partial charge on any atom is 0.262 e. The highest BCUT2D eigenvalue weighted by Gasteiger charge is 2.48. The summed E-state index contributed by atoms with van der Waals surface area (Å²) in [6.07, 6.45) is 4.84. The molecule has 4 aliphatic rings. The van der Waals surface area contributed by atoms with Crippen LogP contribution in [0.15, 0.2) is 18.2 Å². The molecule has 3 N–H and O–H groups in total. The van der Waals surface area contributed by atoms with E-state index in [9.17, 15) is 19.2 Å². The molecule has 1 aliphatic carbocycles. The van der Waals surface area contributed by atoms with Gasteiger partial charge in [-0.3, -0.25) is 34.3 Å². The molecule has 2 atom stereocenters. The van der Waals surface area contributed by atoms with Gasteiger partial charge in [-0.2, -0.15) is 0 Å². The van der Waals surface area contributed by atoms with Crippen molar-refractivity contribution in [1.29, 1.82) is 0 Å². The van der Waals surface area contributed by atoms with Crippen molar-refractivity contribution in [2.45, 2.75) is 62.7 Å². The number of benzene rings is 1. The van der Waals surface area contributed by atoms with Crippen molar-refractivity contribution in [3.05, 3.63) is 34.9 Å². The highest BCUT2D eigenvalue weighted by molar-refractivity contribution is 6.23. The second kappa shape index (κ2) is 6.47. The number of amides is 4. The molecule has 3 fully saturated rings. The average Bonchev–Trinajstić information content (AvgIpc) is 3.10. The number of carbonyl (C=O) groups is 4. The molecule has 1 spiro atoms. The summed E-state index contributed by atoms with van der Waals surface area (Å²) in [5.41, 5.74) is 8.02. The van der Waals surface area contributed by atoms with Gasteiger partial charge < -0.3 is 5.73 Å². The quantitative estimate of drug-likeness (QED) is 0.722. The molecular weight excluding hydrogens is 372 g/mol. The first-order valence-corrected chi connectivity index (χ1v) is 10.2. The normalized spacial score (nSPS) is 28.7. The Morgan fingerprint density at radius 3 is 2.55 bits per heavy atom. The Labute approximate surface area is 168 Å². The number of rotatable bonds is 3. The molecule has 152 valence electrons. The minimum Gasteiger partial charge on any atom is -0.326 e. The predicted molar refractivity (Wildman–Crippen MR) is 103 cm³/mol. The maximum atomic E-state index is 13.0. The van der Waals surface area contributed by atoms with E-state index in [4.69, 9.17) is 5.73 Å². The molecule has 5 rings (SSSR count). The Hall–Kier alpha value is -2.58. The Kier molecular flexibility index (Phi) is 4.11. The fraction of sp³-hybridized carbons (Fsp3) is 0.524. The molecule has 29 heavy (non-hydrogen) atoms. The van der Waals surface area contributed by atoms with Crippen LogP contribution in [-0.2, 0) is 16.1 Å². The van der Waals surface area contributed by atoms with Gasteiger partial charge in [0.1, 0.15) is 6.04 Å². The van der Waals surface area contributed by atoms with Gasteiger partial charge >= 0.3 is 0 Å². The van der Waals surface area contributed by atoms with Crippen LogP contribution in [0, 0.1) is 0 Å². The smallest absolute Gasteiger partial charge is 0.262 e. The summed E-state index contributed by atoms with van der Waals surface area (Å²) in [6.45, 7) is 1.53. The van der Waals surface area contributed by atoms with E-state index >= 15 is 0 Å². The number of nitrogens with zero attached hydrogens (tertiary/aromatic N) is 2. The summed E-state index contributed by atoms with van der Waals surface area (Å²) in [5, 5.41) is 2.22. The zero-order chi connectivity index (χ0) is 20.3. The highest BCUT2D eigenvalue weighted by Crippen LogP contribution is 2.45. The number of nitrogens with two attached hydrogens (primary N) is 1. The van der Waals surface area contributed by atoms with Crippen LogP contribution in [0.4, 0.5) is 0 Å². The summed E-state index contributed by atoms with van der Waals surface area (Å²) in [4.78, 5) is 52.8. The third-order valence-corrected chi connectivity index (χ3v) is 6.93. The van der Waals surface area contributed by atoms with E-state index in [1.807, 2.05) is 6.07 Å². The Morgan fingerprint density at radius 2 is 1.86 bits per heavy atom. The number of hydrogen-bond donors (Lipinski definition) is 2. The first-order valence-electron chi connectivity index (χ1n) is 10.2. The van der Waals surface area contributed by atoms with Crippen LogP contribution in [0.3, 0.4) is 0 Å². The van der Waals surface area contributed by atoms with Crippen molar-refractivity contribution in [1.82, 2.24) is 15.1 Å². The van der Waals surface area contributed by atoms with Crippen molar-refractivity contribution in [3.63, 3.8) is 0 Å². The number of carbonyl (C=O) groups excluding carboxylic acids is 4. The number of nitrogens with one attached hydrogen (secondary N) is 1. The summed E-state index contributed by atoms with van der Waals surface area (Å²) in [6, 6.07) is 4.58. The van der Waals surface area contributed by atoms with Crippen LogP contribution in [-0.4, -0.2) is 57.6 Å². The molecule has 0 aromatic heterocycles. The lowest BCUT2D eigenvalue weighted by Gasteiger charge is -2.46. The van der Waals surface area contributed by atoms with Crippen LogP contribution in [0.25, 0.3) is 0 Å². The minimum atomic E-state index is -0.932. The van der Waals surface area contributed by atoms with Crippen LogP contribution >= 0.6 is 0 Å². The number of likely N-dealkylation sites (tertiary alicyclic amines) is 1. The molecule has 1 saturated carbocycles. The molecule has 8 heteroatoms. The van der Waals surface area contributed by atoms with Gasteiger partial charge in [0.2, 0.25) is 11.8 Å². The summed E-state index contributed by atoms with van der Waals surface area (Å²) < 4.78 is 0. The van der Waals surface area contributed by atoms with Crippen LogP contribution in [0.2, 0.25) is 0 Å². The summed E-state index contributed by atoms with van der Waals surface area (Å²) >= 11 is 0. The van der Waals surface area contributed by atoms with Crippen molar-refractivity contribution in [2.75, 3.05) is 6.54 Å². The summed E-state index contributed by atoms with van der Waals surface area (Å²) in [5.74, 6) is -1.89. The van der Waals surface area contributed by atoms with E-state index in [2.05, 4.69) is 10.2 Å². The van der Waals surface area contributed by atoms with E-state index < -0.39 is 23.8 Å². The van der Waals surface area contributed by atoms with Crippen LogP contribution in [0.1, 0.15) is 64.8 Å². The zero-order valence-electron chi connectivity index (χ0n) is 16.1. The van der Waals surface area contributed by atoms with Crippen molar-refractivity contribution in [2.24, 2.45) is 5.73 Å². The molecule has 0 bridgehead atoms. The molecule has 0 radical (unpaired) electrons. The fourth-order valence-corrected chi connectivity index (χ4v) is 5.33. The first kappa shape index (κ1) is 18.4. The third-order valence-electron chi connectivity index (χ3n) is 6.93. The van der Waals surface area contributed by atoms with E-state index in [1.54, 1.807) is 12.1 Å². The second-order valence-electron chi connectivity index (χ2n) is 8.75. The van der Waals surface area contributed by atoms with Gasteiger partial charge in [0.05, 0.1) is 11.1 Å². The predicted octanol–water partition coefficient (Wildman–Crippen LogP) is 0.543. The molecule has 3 aliphatic heterocycles. The van der Waals surface area contributed by atoms with E-state index in [0.717, 1.165) is 36.3 Å². The van der Waals surface area contributed by atoms with Crippen molar-refractivity contribution in [3.8, 4) is 0 Å². The lowest BCUT2D eigenvalue weighted by atomic mass is 9.74. The Morgan fingerprint density at radius 1 is 1.10 bits per heavy atom. The highest BCUT2D eigenvalue weighted by atomic mass is 16.2. The van der Waals surface area contributed by atoms with Crippen LogP contribution in [0.5, 0.6) is 0 Å². The fourth-order valence-electron chi connectivity index (χ4n) is 5.33. The zero-order valence-corrected chi connectivity index (χ0v) is 16.1. The van der Waals surface area contributed by atoms with Gasteiger partial charge in [0.15, 0.2) is 0 Å². The van der Waals surface area contributed by atoms with E-state index in [1.165, 1.54) is 6.42 Å². The van der Waals surface area contributed by atoms with Gasteiger partial charge in [-0.25, -0.2) is 0 Å². The second-order valence-corrected chi connectivity index (χ2v) is 8.75. The number of fused-ring (bicyclic) bond motifs is 1. The monoisotopic (exact) mass is 396 g/mol. The van der Waals surface area contributed by atoms with E-state index in [0.29, 0.717) is 17.7 Å². The molecule has 1 aromatic carbocycles. The molecule has 8 nitrogen and oxygen atoms in total. The Bertz CT molecular complexity index is 939. The molecule has 2 saturated heterocycles. The molecule has 3 heterocycles. The van der Waals surface area contributed by atoms with Gasteiger partial charge in [-0.15, -0.1) is 0 Å². The Balaban J connectivity index is 1.38. The van der Waals surface area contributed by atoms with Gasteiger partial charge in [0, 0.05) is 31.1 Å². The topological polar surface area (TPSA) is 113 Å². The molecular formula is C21H24N4O4. The van der Waals surface area contributed by atoms with E-state index in [-0.39, 0.29) is 30.3 Å².